The smallest absolute Gasteiger partial charge is 0.308 e. The lowest BCUT2D eigenvalue weighted by Crippen LogP contribution is -2.53. The van der Waals surface area contributed by atoms with Gasteiger partial charge in [0.2, 0.25) is 17.7 Å². The van der Waals surface area contributed by atoms with E-state index >= 15 is 0 Å². The van der Waals surface area contributed by atoms with Gasteiger partial charge in [-0.15, -0.1) is 0 Å². The summed E-state index contributed by atoms with van der Waals surface area (Å²) < 4.78 is 5.11. The van der Waals surface area contributed by atoms with Crippen molar-refractivity contribution in [1.82, 2.24) is 10.3 Å². The summed E-state index contributed by atoms with van der Waals surface area (Å²) in [7, 11) is 0. The van der Waals surface area contributed by atoms with E-state index in [1.807, 2.05) is 48.7 Å². The summed E-state index contributed by atoms with van der Waals surface area (Å²) in [6.45, 7) is 1.30. The lowest BCUT2D eigenvalue weighted by atomic mass is 9.76. The molecule has 4 aromatic rings. The number of carbonyl (C=O) groups is 4. The molecule has 1 spiro atoms. The maximum absolute atomic E-state index is 14.1. The number of ether oxygens (including phenoxy) is 1. The number of H-pyrrole nitrogens is 1. The molecule has 3 aliphatic heterocycles. The van der Waals surface area contributed by atoms with E-state index in [4.69, 9.17) is 4.74 Å². The second-order valence-corrected chi connectivity index (χ2v) is 10.2. The quantitative estimate of drug-likeness (QED) is 0.216. The molecule has 2 fully saturated rings. The van der Waals surface area contributed by atoms with Gasteiger partial charge in [-0.3, -0.25) is 24.5 Å². The number of hydrogen-bond acceptors (Lipinski definition) is 6. The number of esters is 1. The molecule has 2 saturated heterocycles. The highest BCUT2D eigenvalue weighted by Crippen LogP contribution is 2.54. The van der Waals surface area contributed by atoms with E-state index in [1.54, 1.807) is 30.3 Å². The summed E-state index contributed by atoms with van der Waals surface area (Å²) in [5.74, 6) is -3.00. The van der Waals surface area contributed by atoms with Crippen molar-refractivity contribution in [2.45, 2.75) is 24.9 Å². The van der Waals surface area contributed by atoms with E-state index in [0.717, 1.165) is 16.5 Å². The van der Waals surface area contributed by atoms with Crippen molar-refractivity contribution in [2.75, 3.05) is 10.2 Å². The number of aromatic nitrogens is 1. The molecule has 0 bridgehead atoms. The van der Waals surface area contributed by atoms with Crippen molar-refractivity contribution in [1.29, 1.82) is 0 Å². The second kappa shape index (κ2) is 8.37. The minimum absolute atomic E-state index is 0.310. The molecule has 0 unspecified atom stereocenters. The highest BCUT2D eigenvalue weighted by molar-refractivity contribution is 6.25. The SMILES string of the molecule is CC(=O)Oc1ccc(N2C(=O)[C@@H]3[C@H](Cc4c[nH]c5ccccc45)N[C@]4(C(=O)Nc5ccccc54)[C@@H]3C2=O)cc1. The Morgan fingerprint density at radius 3 is 2.49 bits per heavy atom. The van der Waals surface area contributed by atoms with E-state index in [0.29, 0.717) is 29.1 Å². The Hall–Kier alpha value is -4.76. The van der Waals surface area contributed by atoms with Crippen molar-refractivity contribution in [3.05, 3.63) is 90.1 Å². The Balaban J connectivity index is 1.33. The molecule has 3 aliphatic rings. The van der Waals surface area contributed by atoms with Gasteiger partial charge in [0.25, 0.3) is 0 Å². The summed E-state index contributed by atoms with van der Waals surface area (Å²) in [6, 6.07) is 21.0. The van der Waals surface area contributed by atoms with Gasteiger partial charge in [0.05, 0.1) is 17.5 Å². The van der Waals surface area contributed by atoms with Crippen molar-refractivity contribution in [3.63, 3.8) is 0 Å². The number of benzene rings is 3. The third kappa shape index (κ3) is 3.29. The van der Waals surface area contributed by atoms with Gasteiger partial charge in [-0.05, 0) is 48.4 Å². The average Bonchev–Trinajstić information content (AvgIpc) is 3.63. The van der Waals surface area contributed by atoms with Gasteiger partial charge in [0.1, 0.15) is 11.3 Å². The number of amides is 3. The van der Waals surface area contributed by atoms with Crippen molar-refractivity contribution < 1.29 is 23.9 Å². The predicted molar refractivity (Wildman–Crippen MR) is 143 cm³/mol. The van der Waals surface area contributed by atoms with Crippen LogP contribution in [-0.2, 0) is 31.1 Å². The number of carbonyl (C=O) groups excluding carboxylic acids is 4. The van der Waals surface area contributed by atoms with Crippen LogP contribution in [0.1, 0.15) is 18.1 Å². The molecular formula is C30H24N4O5. The third-order valence-electron chi connectivity index (χ3n) is 8.09. The predicted octanol–water partition coefficient (Wildman–Crippen LogP) is 3.26. The van der Waals surface area contributed by atoms with Crippen molar-refractivity contribution in [2.24, 2.45) is 11.8 Å². The maximum Gasteiger partial charge on any atom is 0.308 e. The Morgan fingerprint density at radius 2 is 1.69 bits per heavy atom. The number of imide groups is 1. The molecule has 39 heavy (non-hydrogen) atoms. The summed E-state index contributed by atoms with van der Waals surface area (Å²) in [5.41, 5.74) is 2.25. The number of rotatable bonds is 4. The van der Waals surface area contributed by atoms with Crippen LogP contribution < -0.4 is 20.3 Å². The number of hydrogen-bond donors (Lipinski definition) is 3. The van der Waals surface area contributed by atoms with Gasteiger partial charge in [-0.2, -0.15) is 0 Å². The zero-order chi connectivity index (χ0) is 26.9. The van der Waals surface area contributed by atoms with Crippen molar-refractivity contribution in [3.8, 4) is 5.75 Å². The summed E-state index contributed by atoms with van der Waals surface area (Å²) in [6.07, 6.45) is 2.36. The van der Waals surface area contributed by atoms with Crippen LogP contribution in [-0.4, -0.2) is 34.7 Å². The lowest BCUT2D eigenvalue weighted by molar-refractivity contribution is -0.132. The molecule has 4 heterocycles. The van der Waals surface area contributed by atoms with Gasteiger partial charge in [-0.1, -0.05) is 36.4 Å². The molecule has 1 aromatic heterocycles. The summed E-state index contributed by atoms with van der Waals surface area (Å²) in [5, 5.41) is 7.45. The van der Waals surface area contributed by atoms with Crippen LogP contribution in [0.2, 0.25) is 0 Å². The standard InChI is InChI=1S/C30H24N4O5/c1-16(35)39-19-12-10-18(11-13-19)34-27(36)25-24(14-17-15-31-22-8-4-2-6-20(17)22)33-30(26(25)28(34)37)21-7-3-5-9-23(21)32-29(30)38/h2-13,15,24-26,31,33H,14H2,1H3,(H,32,38)/t24-,25+,26-,30-/m0/s1. The fraction of sp³-hybridized carbons (Fsp3) is 0.200. The Morgan fingerprint density at radius 1 is 0.949 bits per heavy atom. The zero-order valence-corrected chi connectivity index (χ0v) is 20.9. The molecule has 0 aliphatic carbocycles. The number of nitrogens with one attached hydrogen (secondary N) is 3. The summed E-state index contributed by atoms with van der Waals surface area (Å²) in [4.78, 5) is 57.7. The first-order valence-corrected chi connectivity index (χ1v) is 12.8. The van der Waals surface area contributed by atoms with Crippen LogP contribution in [0.25, 0.3) is 10.9 Å². The van der Waals surface area contributed by atoms with Crippen LogP contribution in [0.15, 0.2) is 79.0 Å². The fourth-order valence-electron chi connectivity index (χ4n) is 6.55. The van der Waals surface area contributed by atoms with E-state index in [1.165, 1.54) is 11.8 Å². The molecule has 9 heteroatoms. The molecule has 3 N–H and O–H groups in total. The van der Waals surface area contributed by atoms with Gasteiger partial charge < -0.3 is 15.0 Å². The van der Waals surface area contributed by atoms with Crippen LogP contribution in [0.4, 0.5) is 11.4 Å². The molecular weight excluding hydrogens is 496 g/mol. The minimum Gasteiger partial charge on any atom is -0.427 e. The number of para-hydroxylation sites is 2. The number of aromatic amines is 1. The van der Waals surface area contributed by atoms with Crippen LogP contribution >= 0.6 is 0 Å². The Labute approximate surface area is 223 Å². The molecule has 0 saturated carbocycles. The first-order chi connectivity index (χ1) is 18.9. The van der Waals surface area contributed by atoms with Crippen LogP contribution in [0.3, 0.4) is 0 Å². The minimum atomic E-state index is -1.38. The van der Waals surface area contributed by atoms with Gasteiger partial charge in [0.15, 0.2) is 0 Å². The third-order valence-corrected chi connectivity index (χ3v) is 8.09. The monoisotopic (exact) mass is 520 g/mol. The topological polar surface area (TPSA) is 121 Å². The molecule has 3 aromatic carbocycles. The molecule has 4 atom stereocenters. The Kier molecular flexibility index (Phi) is 5.02. The molecule has 0 radical (unpaired) electrons. The zero-order valence-electron chi connectivity index (χ0n) is 20.9. The molecule has 9 nitrogen and oxygen atoms in total. The fourth-order valence-corrected chi connectivity index (χ4v) is 6.55. The molecule has 3 amide bonds. The Bertz CT molecular complexity index is 1690. The number of nitrogens with zero attached hydrogens (tertiary/aromatic N) is 1. The van der Waals surface area contributed by atoms with E-state index in [9.17, 15) is 19.2 Å². The first kappa shape index (κ1) is 23.4. The van der Waals surface area contributed by atoms with Crippen molar-refractivity contribution >= 4 is 46.0 Å². The highest BCUT2D eigenvalue weighted by atomic mass is 16.5. The second-order valence-electron chi connectivity index (χ2n) is 10.2. The number of fused-ring (bicyclic) bond motifs is 5. The normalized spacial score (nSPS) is 25.3. The molecule has 194 valence electrons. The van der Waals surface area contributed by atoms with Gasteiger partial charge in [-0.25, -0.2) is 4.90 Å². The number of anilines is 2. The first-order valence-electron chi connectivity index (χ1n) is 12.8. The van der Waals surface area contributed by atoms with E-state index < -0.39 is 35.3 Å². The van der Waals surface area contributed by atoms with Gasteiger partial charge in [0, 0.05) is 41.3 Å². The maximum atomic E-state index is 14.1. The van der Waals surface area contributed by atoms with Crippen LogP contribution in [0, 0.1) is 11.8 Å². The van der Waals surface area contributed by atoms with Crippen LogP contribution in [0.5, 0.6) is 5.75 Å². The largest absolute Gasteiger partial charge is 0.427 e. The highest BCUT2D eigenvalue weighted by Gasteiger charge is 2.70. The summed E-state index contributed by atoms with van der Waals surface area (Å²) >= 11 is 0. The van der Waals surface area contributed by atoms with E-state index in [-0.39, 0.29) is 11.8 Å². The van der Waals surface area contributed by atoms with E-state index in [2.05, 4.69) is 15.6 Å². The molecule has 7 rings (SSSR count). The van der Waals surface area contributed by atoms with Gasteiger partial charge >= 0.3 is 5.97 Å². The average molecular weight is 521 g/mol. The lowest BCUT2D eigenvalue weighted by Gasteiger charge is -2.29.